The summed E-state index contributed by atoms with van der Waals surface area (Å²) >= 11 is 0. The SMILES string of the molecule is CCNCCNC(=O)c1nn(-c2ccccc2F)c2c1CCC2.Cl. The van der Waals surface area contributed by atoms with E-state index in [0.717, 1.165) is 43.6 Å². The molecule has 0 atom stereocenters. The molecule has 7 heteroatoms. The summed E-state index contributed by atoms with van der Waals surface area (Å²) in [6, 6.07) is 6.52. The van der Waals surface area contributed by atoms with E-state index >= 15 is 0 Å². The van der Waals surface area contributed by atoms with Crippen LogP contribution in [0.5, 0.6) is 0 Å². The first-order valence-corrected chi connectivity index (χ1v) is 8.07. The van der Waals surface area contributed by atoms with Crippen molar-refractivity contribution in [1.82, 2.24) is 20.4 Å². The molecule has 1 aliphatic carbocycles. The molecule has 1 aromatic heterocycles. The molecule has 0 saturated heterocycles. The number of para-hydroxylation sites is 1. The highest BCUT2D eigenvalue weighted by Crippen LogP contribution is 2.28. The molecule has 1 aromatic carbocycles. The molecule has 24 heavy (non-hydrogen) atoms. The van der Waals surface area contributed by atoms with Gasteiger partial charge in [0.2, 0.25) is 0 Å². The summed E-state index contributed by atoms with van der Waals surface area (Å²) in [4.78, 5) is 12.4. The van der Waals surface area contributed by atoms with Gasteiger partial charge in [-0.2, -0.15) is 5.10 Å². The Kier molecular flexibility index (Phi) is 6.34. The fraction of sp³-hybridized carbons (Fsp3) is 0.412. The van der Waals surface area contributed by atoms with E-state index in [4.69, 9.17) is 0 Å². The number of rotatable bonds is 6. The number of halogens is 2. The molecule has 0 radical (unpaired) electrons. The molecule has 2 aromatic rings. The number of hydrogen-bond acceptors (Lipinski definition) is 3. The fourth-order valence-electron chi connectivity index (χ4n) is 2.97. The Hall–Kier alpha value is -1.92. The predicted octanol–water partition coefficient (Wildman–Crippen LogP) is 2.26. The topological polar surface area (TPSA) is 58.9 Å². The zero-order valence-electron chi connectivity index (χ0n) is 13.6. The van der Waals surface area contributed by atoms with Crippen LogP contribution in [-0.4, -0.2) is 35.3 Å². The van der Waals surface area contributed by atoms with Gasteiger partial charge in [0.05, 0.1) is 0 Å². The second-order valence-electron chi connectivity index (χ2n) is 5.60. The van der Waals surface area contributed by atoms with Gasteiger partial charge in [-0.1, -0.05) is 19.1 Å². The Bertz CT molecular complexity index is 717. The molecule has 130 valence electrons. The van der Waals surface area contributed by atoms with E-state index in [2.05, 4.69) is 15.7 Å². The standard InChI is InChI=1S/C17H21FN4O.ClH/c1-2-19-10-11-20-17(23)16-12-6-5-9-14(12)22(21-16)15-8-4-3-7-13(15)18;/h3-4,7-8,19H,2,5-6,9-11H2,1H3,(H,20,23);1H. The van der Waals surface area contributed by atoms with Crippen LogP contribution in [0.3, 0.4) is 0 Å². The molecule has 0 unspecified atom stereocenters. The Morgan fingerprint density at radius 2 is 2.08 bits per heavy atom. The number of nitrogens with one attached hydrogen (secondary N) is 2. The minimum Gasteiger partial charge on any atom is -0.349 e. The van der Waals surface area contributed by atoms with Crippen molar-refractivity contribution < 1.29 is 9.18 Å². The Morgan fingerprint density at radius 1 is 1.29 bits per heavy atom. The molecule has 1 heterocycles. The van der Waals surface area contributed by atoms with Gasteiger partial charge >= 0.3 is 0 Å². The number of carbonyl (C=O) groups excluding carboxylic acids is 1. The Balaban J connectivity index is 0.00000208. The molecule has 1 amide bonds. The number of nitrogens with zero attached hydrogens (tertiary/aromatic N) is 2. The number of likely N-dealkylation sites (N-methyl/N-ethyl adjacent to an activating group) is 1. The zero-order chi connectivity index (χ0) is 16.2. The van der Waals surface area contributed by atoms with Crippen LogP contribution in [0.25, 0.3) is 5.69 Å². The average molecular weight is 353 g/mol. The van der Waals surface area contributed by atoms with E-state index < -0.39 is 0 Å². The monoisotopic (exact) mass is 352 g/mol. The lowest BCUT2D eigenvalue weighted by Crippen LogP contribution is -2.32. The molecule has 0 fully saturated rings. The van der Waals surface area contributed by atoms with Gasteiger partial charge in [-0.25, -0.2) is 9.07 Å². The van der Waals surface area contributed by atoms with Gasteiger partial charge in [0, 0.05) is 24.3 Å². The first-order chi connectivity index (χ1) is 11.2. The Labute approximate surface area is 147 Å². The number of benzene rings is 1. The van der Waals surface area contributed by atoms with Crippen LogP contribution in [0.15, 0.2) is 24.3 Å². The third-order valence-electron chi connectivity index (χ3n) is 4.06. The maximum atomic E-state index is 14.1. The lowest BCUT2D eigenvalue weighted by atomic mass is 10.2. The van der Waals surface area contributed by atoms with E-state index in [9.17, 15) is 9.18 Å². The maximum Gasteiger partial charge on any atom is 0.272 e. The van der Waals surface area contributed by atoms with Crippen molar-refractivity contribution in [1.29, 1.82) is 0 Å². The Morgan fingerprint density at radius 3 is 2.83 bits per heavy atom. The quantitative estimate of drug-likeness (QED) is 0.784. The van der Waals surface area contributed by atoms with Crippen molar-refractivity contribution >= 4 is 18.3 Å². The van der Waals surface area contributed by atoms with E-state index in [0.29, 0.717) is 17.9 Å². The van der Waals surface area contributed by atoms with Crippen LogP contribution in [-0.2, 0) is 12.8 Å². The van der Waals surface area contributed by atoms with Crippen molar-refractivity contribution in [3.05, 3.63) is 47.0 Å². The lowest BCUT2D eigenvalue weighted by Gasteiger charge is -2.06. The molecule has 0 saturated carbocycles. The van der Waals surface area contributed by atoms with E-state index in [-0.39, 0.29) is 24.1 Å². The summed E-state index contributed by atoms with van der Waals surface area (Å²) in [5.41, 5.74) is 2.73. The highest BCUT2D eigenvalue weighted by atomic mass is 35.5. The third-order valence-corrected chi connectivity index (χ3v) is 4.06. The van der Waals surface area contributed by atoms with Gasteiger partial charge in [-0.15, -0.1) is 12.4 Å². The summed E-state index contributed by atoms with van der Waals surface area (Å²) in [7, 11) is 0. The highest BCUT2D eigenvalue weighted by Gasteiger charge is 2.27. The summed E-state index contributed by atoms with van der Waals surface area (Å²) < 4.78 is 15.7. The number of hydrogen-bond donors (Lipinski definition) is 2. The first kappa shape index (κ1) is 18.4. The van der Waals surface area contributed by atoms with E-state index in [1.165, 1.54) is 6.07 Å². The van der Waals surface area contributed by atoms with Crippen LogP contribution in [0.1, 0.15) is 35.1 Å². The van der Waals surface area contributed by atoms with Crippen LogP contribution in [0, 0.1) is 5.82 Å². The zero-order valence-corrected chi connectivity index (χ0v) is 14.5. The summed E-state index contributed by atoms with van der Waals surface area (Å²) in [6.45, 7) is 4.16. The second kappa shape index (κ2) is 8.26. The van der Waals surface area contributed by atoms with Gasteiger partial charge in [0.25, 0.3) is 5.91 Å². The maximum absolute atomic E-state index is 14.1. The van der Waals surface area contributed by atoms with Crippen molar-refractivity contribution in [2.24, 2.45) is 0 Å². The molecule has 1 aliphatic rings. The summed E-state index contributed by atoms with van der Waals surface area (Å²) in [5, 5.41) is 10.4. The molecule has 0 spiro atoms. The van der Waals surface area contributed by atoms with Gasteiger partial charge < -0.3 is 10.6 Å². The second-order valence-corrected chi connectivity index (χ2v) is 5.60. The van der Waals surface area contributed by atoms with Gasteiger partial charge in [0.1, 0.15) is 11.5 Å². The summed E-state index contributed by atoms with van der Waals surface area (Å²) in [6.07, 6.45) is 2.61. The van der Waals surface area contributed by atoms with Crippen LogP contribution in [0.2, 0.25) is 0 Å². The normalized spacial score (nSPS) is 12.6. The van der Waals surface area contributed by atoms with Crippen molar-refractivity contribution in [2.45, 2.75) is 26.2 Å². The molecular formula is C17H22ClFN4O. The minimum atomic E-state index is -0.330. The molecule has 0 bridgehead atoms. The first-order valence-electron chi connectivity index (χ1n) is 8.07. The molecule has 5 nitrogen and oxygen atoms in total. The smallest absolute Gasteiger partial charge is 0.272 e. The highest BCUT2D eigenvalue weighted by molar-refractivity contribution is 5.94. The fourth-order valence-corrected chi connectivity index (χ4v) is 2.97. The van der Waals surface area contributed by atoms with Crippen LogP contribution >= 0.6 is 12.4 Å². The molecule has 3 rings (SSSR count). The predicted molar refractivity (Wildman–Crippen MR) is 93.7 cm³/mol. The third kappa shape index (κ3) is 3.60. The van der Waals surface area contributed by atoms with Crippen LogP contribution in [0.4, 0.5) is 4.39 Å². The van der Waals surface area contributed by atoms with E-state index in [1.54, 1.807) is 22.9 Å². The largest absolute Gasteiger partial charge is 0.349 e. The lowest BCUT2D eigenvalue weighted by molar-refractivity contribution is 0.0947. The van der Waals surface area contributed by atoms with Gasteiger partial charge in [-0.3, -0.25) is 4.79 Å². The van der Waals surface area contributed by atoms with Gasteiger partial charge in [0.15, 0.2) is 5.69 Å². The number of carbonyl (C=O) groups is 1. The number of aromatic nitrogens is 2. The average Bonchev–Trinajstić information content (AvgIpc) is 3.14. The van der Waals surface area contributed by atoms with Crippen molar-refractivity contribution in [3.63, 3.8) is 0 Å². The van der Waals surface area contributed by atoms with E-state index in [1.807, 2.05) is 6.92 Å². The summed E-state index contributed by atoms with van der Waals surface area (Å²) in [5.74, 6) is -0.514. The minimum absolute atomic E-state index is 0. The number of fused-ring (bicyclic) bond motifs is 1. The molecule has 0 aliphatic heterocycles. The van der Waals surface area contributed by atoms with Crippen LogP contribution < -0.4 is 10.6 Å². The van der Waals surface area contributed by atoms with Crippen molar-refractivity contribution in [3.8, 4) is 5.69 Å². The molecular weight excluding hydrogens is 331 g/mol. The number of amides is 1. The van der Waals surface area contributed by atoms with Crippen molar-refractivity contribution in [2.75, 3.05) is 19.6 Å². The van der Waals surface area contributed by atoms with Gasteiger partial charge in [-0.05, 0) is 37.9 Å². The molecule has 2 N–H and O–H groups in total.